The van der Waals surface area contributed by atoms with Crippen molar-refractivity contribution in [2.24, 2.45) is 0 Å². The highest BCUT2D eigenvalue weighted by Crippen LogP contribution is 2.58. The first kappa shape index (κ1) is 36.7. The van der Waals surface area contributed by atoms with Crippen LogP contribution < -0.4 is 28.7 Å². The minimum absolute atomic E-state index is 0.0796. The quantitative estimate of drug-likeness (QED) is 0.156. The molecular formula is C58H42N2O4. The zero-order valence-corrected chi connectivity index (χ0v) is 35.7. The molecule has 6 heteroatoms. The van der Waals surface area contributed by atoms with Gasteiger partial charge in [0, 0.05) is 27.5 Å². The number of para-hydroxylation sites is 8. The van der Waals surface area contributed by atoms with E-state index in [0.717, 1.165) is 47.0 Å². The van der Waals surface area contributed by atoms with Gasteiger partial charge in [-0.2, -0.15) is 0 Å². The Hall–Kier alpha value is -7.96. The normalized spacial score (nSPS) is 14.0. The van der Waals surface area contributed by atoms with E-state index in [1.807, 2.05) is 60.7 Å². The van der Waals surface area contributed by atoms with Crippen molar-refractivity contribution in [3.05, 3.63) is 193 Å². The smallest absolute Gasteiger partial charge is 0.194 e. The number of rotatable bonds is 6. The molecule has 0 atom stereocenters. The van der Waals surface area contributed by atoms with Crippen LogP contribution in [0.4, 0.5) is 34.1 Å². The lowest BCUT2D eigenvalue weighted by atomic mass is 9.70. The molecule has 0 saturated carbocycles. The summed E-state index contributed by atoms with van der Waals surface area (Å²) in [5.41, 5.74) is 9.85. The molecule has 3 aliphatic rings. The highest BCUT2D eigenvalue weighted by molar-refractivity contribution is 6.30. The lowest BCUT2D eigenvalue weighted by molar-refractivity contribution is 0.360. The fourth-order valence-electron chi connectivity index (χ4n) is 10.4. The molecule has 308 valence electrons. The van der Waals surface area contributed by atoms with Gasteiger partial charge in [0.1, 0.15) is 0 Å². The van der Waals surface area contributed by atoms with Gasteiger partial charge in [0.2, 0.25) is 0 Å². The lowest BCUT2D eigenvalue weighted by Crippen LogP contribution is -2.24. The number of nitrogens with zero attached hydrogens (tertiary/aromatic N) is 2. The molecule has 0 fully saturated rings. The first-order chi connectivity index (χ1) is 31.4. The van der Waals surface area contributed by atoms with Gasteiger partial charge in [-0.25, -0.2) is 0 Å². The van der Waals surface area contributed by atoms with Gasteiger partial charge in [-0.3, -0.25) is 0 Å². The van der Waals surface area contributed by atoms with Crippen LogP contribution >= 0.6 is 0 Å². The van der Waals surface area contributed by atoms with Crippen molar-refractivity contribution in [3.63, 3.8) is 0 Å². The monoisotopic (exact) mass is 830 g/mol. The maximum absolute atomic E-state index is 6.78. The standard InChI is InChI=1S/C58H42N2O4/c1-35-32-45(59(37-16-6-4-7-17-37)43-20-14-26-51-56(43)63-49-24-12-10-22-47(49)61-51)41-34-42-53-36(30-31-58(42,2)3)33-46(40-29-28-39(35)54(41)55(40)53)60(38-18-8-5-9-19-38)44-21-15-27-52-57(44)64-50-25-13-11-23-48(50)62-52/h4-29,32-34H,30-31H2,1-3H3. The van der Waals surface area contributed by atoms with Gasteiger partial charge in [0.25, 0.3) is 0 Å². The first-order valence-electron chi connectivity index (χ1n) is 22.0. The number of anilines is 6. The Kier molecular flexibility index (Phi) is 7.89. The number of ether oxygens (including phenoxy) is 4. The highest BCUT2D eigenvalue weighted by atomic mass is 16.6. The summed E-state index contributed by atoms with van der Waals surface area (Å²) in [6.45, 7) is 7.07. The minimum Gasteiger partial charge on any atom is -0.449 e. The van der Waals surface area contributed by atoms with Crippen molar-refractivity contribution < 1.29 is 18.9 Å². The summed E-state index contributed by atoms with van der Waals surface area (Å²) < 4.78 is 26.6. The second-order valence-corrected chi connectivity index (χ2v) is 17.8. The summed E-state index contributed by atoms with van der Waals surface area (Å²) in [6.07, 6.45) is 1.98. The van der Waals surface area contributed by atoms with Crippen molar-refractivity contribution in [3.8, 4) is 46.0 Å². The van der Waals surface area contributed by atoms with Crippen molar-refractivity contribution >= 4 is 66.4 Å². The second kappa shape index (κ2) is 13.8. The zero-order valence-electron chi connectivity index (χ0n) is 35.7. The van der Waals surface area contributed by atoms with E-state index >= 15 is 0 Å². The summed E-state index contributed by atoms with van der Waals surface area (Å²) in [7, 11) is 0. The van der Waals surface area contributed by atoms with Crippen LogP contribution in [-0.2, 0) is 11.8 Å². The maximum atomic E-state index is 6.78. The third kappa shape index (κ3) is 5.45. The minimum atomic E-state index is -0.0796. The molecule has 10 aromatic carbocycles. The average Bonchev–Trinajstić information content (AvgIpc) is 3.33. The third-order valence-corrected chi connectivity index (χ3v) is 13.5. The summed E-state index contributed by atoms with van der Waals surface area (Å²) in [6, 6.07) is 61.4. The summed E-state index contributed by atoms with van der Waals surface area (Å²) in [5, 5.41) is 7.47. The SMILES string of the molecule is Cc1cc(N(c2ccccc2)c2cccc3c2Oc2ccccc2O3)c2cc3c4c(cc(N(c5ccccc5)c5cccc6c5Oc5ccccc5O6)c5ccc1c2c54)CCC3(C)C. The molecule has 0 spiro atoms. The van der Waals surface area contributed by atoms with Crippen molar-refractivity contribution in [1.82, 2.24) is 0 Å². The topological polar surface area (TPSA) is 43.4 Å². The third-order valence-electron chi connectivity index (χ3n) is 13.5. The highest BCUT2D eigenvalue weighted by Gasteiger charge is 2.35. The molecule has 0 unspecified atom stereocenters. The Labute approximate surface area is 371 Å². The van der Waals surface area contributed by atoms with Crippen LogP contribution in [-0.4, -0.2) is 0 Å². The molecule has 2 aliphatic heterocycles. The van der Waals surface area contributed by atoms with Crippen LogP contribution in [0.3, 0.4) is 0 Å². The van der Waals surface area contributed by atoms with Gasteiger partial charge in [0.05, 0.1) is 22.7 Å². The summed E-state index contributed by atoms with van der Waals surface area (Å²) >= 11 is 0. The molecule has 0 N–H and O–H groups in total. The van der Waals surface area contributed by atoms with Gasteiger partial charge in [-0.15, -0.1) is 0 Å². The van der Waals surface area contributed by atoms with Gasteiger partial charge >= 0.3 is 0 Å². The number of benzene rings is 10. The van der Waals surface area contributed by atoms with Crippen LogP contribution in [0.5, 0.6) is 46.0 Å². The Morgan fingerprint density at radius 3 is 1.45 bits per heavy atom. The predicted molar refractivity (Wildman–Crippen MR) is 259 cm³/mol. The van der Waals surface area contributed by atoms with E-state index in [4.69, 9.17) is 18.9 Å². The summed E-state index contributed by atoms with van der Waals surface area (Å²) in [5.74, 6) is 5.52. The molecule has 0 saturated heterocycles. The Bertz CT molecular complexity index is 3510. The maximum Gasteiger partial charge on any atom is 0.194 e. The van der Waals surface area contributed by atoms with Crippen LogP contribution in [0.1, 0.15) is 37.0 Å². The fraction of sp³-hybridized carbons (Fsp3) is 0.103. The molecule has 2 heterocycles. The molecular weight excluding hydrogens is 789 g/mol. The van der Waals surface area contributed by atoms with Crippen molar-refractivity contribution in [2.45, 2.75) is 39.0 Å². The zero-order chi connectivity index (χ0) is 42.7. The molecule has 64 heavy (non-hydrogen) atoms. The molecule has 10 aromatic rings. The molecule has 0 bridgehead atoms. The van der Waals surface area contributed by atoms with E-state index in [-0.39, 0.29) is 5.41 Å². The van der Waals surface area contributed by atoms with Gasteiger partial charge in [-0.1, -0.05) is 98.8 Å². The average molecular weight is 831 g/mol. The van der Waals surface area contributed by atoms with E-state index in [1.165, 1.54) is 49.0 Å². The van der Waals surface area contributed by atoms with Gasteiger partial charge in [0.15, 0.2) is 46.0 Å². The number of hydrogen-bond acceptors (Lipinski definition) is 6. The number of aryl methyl sites for hydroxylation is 2. The van der Waals surface area contributed by atoms with Crippen LogP contribution in [0, 0.1) is 6.92 Å². The molecule has 0 aromatic heterocycles. The Morgan fingerprint density at radius 1 is 0.406 bits per heavy atom. The van der Waals surface area contributed by atoms with E-state index in [9.17, 15) is 0 Å². The fourth-order valence-corrected chi connectivity index (χ4v) is 10.4. The second-order valence-electron chi connectivity index (χ2n) is 17.8. The van der Waals surface area contributed by atoms with E-state index in [1.54, 1.807) is 0 Å². The largest absolute Gasteiger partial charge is 0.449 e. The van der Waals surface area contributed by atoms with Crippen molar-refractivity contribution in [1.29, 1.82) is 0 Å². The van der Waals surface area contributed by atoms with Gasteiger partial charge in [-0.05, 0) is 149 Å². The van der Waals surface area contributed by atoms with E-state index in [0.29, 0.717) is 46.0 Å². The molecule has 0 amide bonds. The van der Waals surface area contributed by atoms with E-state index in [2.05, 4.69) is 146 Å². The van der Waals surface area contributed by atoms with Crippen LogP contribution in [0.25, 0.3) is 32.3 Å². The van der Waals surface area contributed by atoms with Crippen LogP contribution in [0.2, 0.25) is 0 Å². The Balaban J connectivity index is 1.11. The van der Waals surface area contributed by atoms with Crippen LogP contribution in [0.15, 0.2) is 176 Å². The number of hydrogen-bond donors (Lipinski definition) is 0. The molecule has 1 aliphatic carbocycles. The first-order valence-corrected chi connectivity index (χ1v) is 22.0. The lowest BCUT2D eigenvalue weighted by Gasteiger charge is -2.37. The predicted octanol–water partition coefficient (Wildman–Crippen LogP) is 16.9. The molecule has 13 rings (SSSR count). The summed E-state index contributed by atoms with van der Waals surface area (Å²) in [4.78, 5) is 4.73. The van der Waals surface area contributed by atoms with Gasteiger partial charge < -0.3 is 28.7 Å². The molecule has 0 radical (unpaired) electrons. The molecule has 6 nitrogen and oxygen atoms in total. The number of fused-ring (bicyclic) bond motifs is 4. The van der Waals surface area contributed by atoms with Crippen molar-refractivity contribution in [2.75, 3.05) is 9.80 Å². The van der Waals surface area contributed by atoms with E-state index < -0.39 is 0 Å². The Morgan fingerprint density at radius 2 is 0.891 bits per heavy atom.